The molecule has 0 saturated heterocycles. The first-order valence-electron chi connectivity index (χ1n) is 4.33. The standard InChI is InChI=1S/C10H16N2O/c1-7-3-4-8(11)5-9(7)10(6-13)12-2/h3-5,10,12-13H,6,11H2,1-2H3. The number of aliphatic hydroxyl groups is 1. The highest BCUT2D eigenvalue weighted by atomic mass is 16.3. The zero-order valence-electron chi connectivity index (χ0n) is 8.04. The molecular formula is C10H16N2O. The number of nitrogen functional groups attached to an aromatic ring is 1. The lowest BCUT2D eigenvalue weighted by Crippen LogP contribution is -2.21. The lowest BCUT2D eigenvalue weighted by Gasteiger charge is -2.16. The largest absolute Gasteiger partial charge is 0.399 e. The third-order valence-electron chi connectivity index (χ3n) is 2.21. The summed E-state index contributed by atoms with van der Waals surface area (Å²) in [5.41, 5.74) is 8.60. The number of rotatable bonds is 3. The molecule has 1 aromatic rings. The Hall–Kier alpha value is -1.06. The summed E-state index contributed by atoms with van der Waals surface area (Å²) in [4.78, 5) is 0. The molecule has 13 heavy (non-hydrogen) atoms. The highest BCUT2D eigenvalue weighted by Crippen LogP contribution is 2.19. The van der Waals surface area contributed by atoms with E-state index < -0.39 is 0 Å². The first kappa shape index (κ1) is 10.0. The van der Waals surface area contributed by atoms with Gasteiger partial charge in [-0.2, -0.15) is 0 Å². The fourth-order valence-electron chi connectivity index (χ4n) is 1.38. The predicted octanol–water partition coefficient (Wildman–Crippen LogP) is 0.830. The minimum atomic E-state index is -0.0245. The van der Waals surface area contributed by atoms with Crippen LogP contribution >= 0.6 is 0 Å². The summed E-state index contributed by atoms with van der Waals surface area (Å²) in [5, 5.41) is 12.1. The van der Waals surface area contributed by atoms with Gasteiger partial charge in [0.05, 0.1) is 12.6 Å². The number of benzene rings is 1. The van der Waals surface area contributed by atoms with Crippen LogP contribution in [0.1, 0.15) is 17.2 Å². The van der Waals surface area contributed by atoms with Crippen LogP contribution in [0.2, 0.25) is 0 Å². The van der Waals surface area contributed by atoms with Crippen LogP contribution in [0.25, 0.3) is 0 Å². The molecule has 1 unspecified atom stereocenters. The molecule has 0 radical (unpaired) electrons. The van der Waals surface area contributed by atoms with E-state index in [-0.39, 0.29) is 12.6 Å². The van der Waals surface area contributed by atoms with Crippen LogP contribution < -0.4 is 11.1 Å². The molecule has 0 aliphatic heterocycles. The van der Waals surface area contributed by atoms with Crippen molar-refractivity contribution in [2.24, 2.45) is 0 Å². The van der Waals surface area contributed by atoms with E-state index in [0.29, 0.717) is 0 Å². The minimum Gasteiger partial charge on any atom is -0.399 e. The topological polar surface area (TPSA) is 58.3 Å². The van der Waals surface area contributed by atoms with Crippen LogP contribution in [0.4, 0.5) is 5.69 Å². The van der Waals surface area contributed by atoms with Gasteiger partial charge in [-0.3, -0.25) is 0 Å². The highest BCUT2D eigenvalue weighted by molar-refractivity contribution is 5.45. The number of likely N-dealkylation sites (N-methyl/N-ethyl adjacent to an activating group) is 1. The number of anilines is 1. The monoisotopic (exact) mass is 180 g/mol. The van der Waals surface area contributed by atoms with Crippen LogP contribution in [-0.2, 0) is 0 Å². The minimum absolute atomic E-state index is 0.0245. The molecule has 4 N–H and O–H groups in total. The summed E-state index contributed by atoms with van der Waals surface area (Å²) in [7, 11) is 1.82. The molecule has 0 bridgehead atoms. The van der Waals surface area contributed by atoms with Crippen LogP contribution in [0.5, 0.6) is 0 Å². The molecule has 1 aromatic carbocycles. The van der Waals surface area contributed by atoms with Crippen molar-refractivity contribution in [3.05, 3.63) is 29.3 Å². The lowest BCUT2D eigenvalue weighted by molar-refractivity contribution is 0.250. The zero-order chi connectivity index (χ0) is 9.84. The second-order valence-electron chi connectivity index (χ2n) is 3.14. The number of nitrogens with two attached hydrogens (primary N) is 1. The highest BCUT2D eigenvalue weighted by Gasteiger charge is 2.09. The van der Waals surface area contributed by atoms with Crippen LogP contribution in [-0.4, -0.2) is 18.8 Å². The van der Waals surface area contributed by atoms with Crippen molar-refractivity contribution >= 4 is 5.69 Å². The molecule has 0 heterocycles. The fraction of sp³-hybridized carbons (Fsp3) is 0.400. The van der Waals surface area contributed by atoms with Gasteiger partial charge in [-0.15, -0.1) is 0 Å². The number of aryl methyl sites for hydroxylation is 1. The van der Waals surface area contributed by atoms with Gasteiger partial charge >= 0.3 is 0 Å². The average molecular weight is 180 g/mol. The van der Waals surface area contributed by atoms with Gasteiger partial charge in [0.25, 0.3) is 0 Å². The molecule has 1 atom stereocenters. The molecule has 0 fully saturated rings. The Balaban J connectivity index is 3.03. The van der Waals surface area contributed by atoms with Gasteiger partial charge in [0.15, 0.2) is 0 Å². The molecule has 1 rings (SSSR count). The zero-order valence-corrected chi connectivity index (χ0v) is 8.04. The molecule has 3 nitrogen and oxygen atoms in total. The first-order valence-corrected chi connectivity index (χ1v) is 4.33. The normalized spacial score (nSPS) is 12.8. The van der Waals surface area contributed by atoms with Crippen molar-refractivity contribution in [2.45, 2.75) is 13.0 Å². The summed E-state index contributed by atoms with van der Waals surface area (Å²) in [6.07, 6.45) is 0. The van der Waals surface area contributed by atoms with Crippen LogP contribution in [0, 0.1) is 6.92 Å². The smallest absolute Gasteiger partial charge is 0.0626 e. The summed E-state index contributed by atoms with van der Waals surface area (Å²) < 4.78 is 0. The number of nitrogens with one attached hydrogen (secondary N) is 1. The maximum absolute atomic E-state index is 9.09. The molecule has 72 valence electrons. The molecule has 0 aliphatic carbocycles. The van der Waals surface area contributed by atoms with Crippen molar-refractivity contribution in [2.75, 3.05) is 19.4 Å². The summed E-state index contributed by atoms with van der Waals surface area (Å²) in [6, 6.07) is 5.70. The van der Waals surface area contributed by atoms with Gasteiger partial charge in [0, 0.05) is 5.69 Å². The SMILES string of the molecule is CNC(CO)c1cc(N)ccc1C. The van der Waals surface area contributed by atoms with Crippen LogP contribution in [0.15, 0.2) is 18.2 Å². The maximum atomic E-state index is 9.09. The Morgan fingerprint density at radius 2 is 2.23 bits per heavy atom. The Morgan fingerprint density at radius 3 is 2.77 bits per heavy atom. The van der Waals surface area contributed by atoms with E-state index in [1.54, 1.807) is 0 Å². The van der Waals surface area contributed by atoms with Gasteiger partial charge < -0.3 is 16.2 Å². The van der Waals surface area contributed by atoms with E-state index in [1.165, 1.54) is 0 Å². The molecule has 0 spiro atoms. The van der Waals surface area contributed by atoms with E-state index in [0.717, 1.165) is 16.8 Å². The molecule has 0 aliphatic rings. The maximum Gasteiger partial charge on any atom is 0.0626 e. The lowest BCUT2D eigenvalue weighted by atomic mass is 10.0. The summed E-state index contributed by atoms with van der Waals surface area (Å²) in [6.45, 7) is 2.09. The van der Waals surface area contributed by atoms with Crippen molar-refractivity contribution in [1.29, 1.82) is 0 Å². The van der Waals surface area contributed by atoms with E-state index >= 15 is 0 Å². The van der Waals surface area contributed by atoms with Crippen molar-refractivity contribution in [1.82, 2.24) is 5.32 Å². The van der Waals surface area contributed by atoms with Gasteiger partial charge in [-0.1, -0.05) is 6.07 Å². The molecule has 0 saturated carbocycles. The van der Waals surface area contributed by atoms with Crippen molar-refractivity contribution in [3.8, 4) is 0 Å². The Bertz CT molecular complexity index is 282. The Morgan fingerprint density at radius 1 is 1.54 bits per heavy atom. The van der Waals surface area contributed by atoms with Crippen molar-refractivity contribution < 1.29 is 5.11 Å². The molecular weight excluding hydrogens is 164 g/mol. The van der Waals surface area contributed by atoms with Gasteiger partial charge in [-0.25, -0.2) is 0 Å². The number of hydrogen-bond donors (Lipinski definition) is 3. The Kier molecular flexibility index (Phi) is 3.28. The number of aliphatic hydroxyl groups excluding tert-OH is 1. The number of hydrogen-bond acceptors (Lipinski definition) is 3. The van der Waals surface area contributed by atoms with Crippen LogP contribution in [0.3, 0.4) is 0 Å². The molecule has 0 aromatic heterocycles. The van der Waals surface area contributed by atoms with E-state index in [1.807, 2.05) is 32.2 Å². The third-order valence-corrected chi connectivity index (χ3v) is 2.21. The molecule has 3 heteroatoms. The van der Waals surface area contributed by atoms with E-state index in [4.69, 9.17) is 10.8 Å². The second kappa shape index (κ2) is 4.25. The summed E-state index contributed by atoms with van der Waals surface area (Å²) >= 11 is 0. The van der Waals surface area contributed by atoms with Gasteiger partial charge in [0.2, 0.25) is 0 Å². The van der Waals surface area contributed by atoms with Crippen molar-refractivity contribution in [3.63, 3.8) is 0 Å². The second-order valence-corrected chi connectivity index (χ2v) is 3.14. The van der Waals surface area contributed by atoms with Gasteiger partial charge in [0.1, 0.15) is 0 Å². The fourth-order valence-corrected chi connectivity index (χ4v) is 1.38. The quantitative estimate of drug-likeness (QED) is 0.604. The molecule has 0 amide bonds. The predicted molar refractivity (Wildman–Crippen MR) is 54.5 cm³/mol. The summed E-state index contributed by atoms with van der Waals surface area (Å²) in [5.74, 6) is 0. The van der Waals surface area contributed by atoms with E-state index in [2.05, 4.69) is 5.32 Å². The average Bonchev–Trinajstić information content (AvgIpc) is 2.13. The Labute approximate surface area is 78.6 Å². The van der Waals surface area contributed by atoms with E-state index in [9.17, 15) is 0 Å². The van der Waals surface area contributed by atoms with Gasteiger partial charge in [-0.05, 0) is 37.2 Å². The first-order chi connectivity index (χ1) is 6.19. The third kappa shape index (κ3) is 2.20.